The van der Waals surface area contributed by atoms with E-state index < -0.39 is 0 Å². The van der Waals surface area contributed by atoms with Crippen LogP contribution in [0.3, 0.4) is 0 Å². The average Bonchev–Trinajstić information content (AvgIpc) is 2.58. The minimum absolute atomic E-state index is 0.346. The molecule has 2 aromatic rings. The SMILES string of the molecule is O=C(Nc1ccc(Cl)cc1)Nc1cnc(N2CCCCC2)nc1. The van der Waals surface area contributed by atoms with Gasteiger partial charge in [0.05, 0.1) is 18.1 Å². The van der Waals surface area contributed by atoms with Crippen LogP contribution in [0.2, 0.25) is 5.02 Å². The van der Waals surface area contributed by atoms with E-state index in [0.29, 0.717) is 22.3 Å². The quantitative estimate of drug-likeness (QED) is 0.898. The summed E-state index contributed by atoms with van der Waals surface area (Å²) in [6.07, 6.45) is 6.86. The average molecular weight is 332 g/mol. The second-order valence-corrected chi connectivity index (χ2v) is 5.84. The second-order valence-electron chi connectivity index (χ2n) is 5.41. The van der Waals surface area contributed by atoms with Crippen LogP contribution in [-0.2, 0) is 0 Å². The van der Waals surface area contributed by atoms with Crippen LogP contribution in [0.15, 0.2) is 36.7 Å². The third-order valence-corrected chi connectivity index (χ3v) is 3.89. The highest BCUT2D eigenvalue weighted by molar-refractivity contribution is 6.30. The molecule has 0 unspecified atom stereocenters. The number of anilines is 3. The lowest BCUT2D eigenvalue weighted by Gasteiger charge is -2.26. The van der Waals surface area contributed by atoms with E-state index in [1.165, 1.54) is 19.3 Å². The molecule has 23 heavy (non-hydrogen) atoms. The van der Waals surface area contributed by atoms with Crippen LogP contribution in [0.1, 0.15) is 19.3 Å². The largest absolute Gasteiger partial charge is 0.341 e. The van der Waals surface area contributed by atoms with Crippen molar-refractivity contribution in [2.24, 2.45) is 0 Å². The van der Waals surface area contributed by atoms with E-state index in [1.807, 2.05) is 0 Å². The van der Waals surface area contributed by atoms with Crippen LogP contribution in [0.4, 0.5) is 22.1 Å². The molecule has 120 valence electrons. The standard InChI is InChI=1S/C16H18ClN5O/c17-12-4-6-13(7-5-12)20-16(23)21-14-10-18-15(19-11-14)22-8-2-1-3-9-22/h4-7,10-11H,1-3,8-9H2,(H2,20,21,23). The van der Waals surface area contributed by atoms with Crippen molar-refractivity contribution >= 4 is 35.0 Å². The van der Waals surface area contributed by atoms with Crippen LogP contribution < -0.4 is 15.5 Å². The first kappa shape index (κ1) is 15.6. The molecule has 0 aliphatic carbocycles. The molecule has 1 aliphatic heterocycles. The number of rotatable bonds is 3. The predicted molar refractivity (Wildman–Crippen MR) is 92.2 cm³/mol. The van der Waals surface area contributed by atoms with E-state index in [4.69, 9.17) is 11.6 Å². The third-order valence-electron chi connectivity index (χ3n) is 3.64. The fourth-order valence-electron chi connectivity index (χ4n) is 2.47. The Morgan fingerprint density at radius 2 is 1.57 bits per heavy atom. The molecule has 1 saturated heterocycles. The lowest BCUT2D eigenvalue weighted by molar-refractivity contribution is 0.262. The van der Waals surface area contributed by atoms with Crippen molar-refractivity contribution in [3.8, 4) is 0 Å². The van der Waals surface area contributed by atoms with Crippen molar-refractivity contribution < 1.29 is 4.79 Å². The highest BCUT2D eigenvalue weighted by Crippen LogP contribution is 2.17. The predicted octanol–water partition coefficient (Wildman–Crippen LogP) is 3.76. The number of nitrogens with zero attached hydrogens (tertiary/aromatic N) is 3. The van der Waals surface area contributed by atoms with Crippen LogP contribution in [-0.4, -0.2) is 29.1 Å². The third kappa shape index (κ3) is 4.32. The van der Waals surface area contributed by atoms with Crippen molar-refractivity contribution in [1.82, 2.24) is 9.97 Å². The van der Waals surface area contributed by atoms with Gasteiger partial charge in [-0.1, -0.05) is 11.6 Å². The van der Waals surface area contributed by atoms with Gasteiger partial charge in [-0.3, -0.25) is 0 Å². The summed E-state index contributed by atoms with van der Waals surface area (Å²) in [5.74, 6) is 0.716. The maximum Gasteiger partial charge on any atom is 0.323 e. The zero-order chi connectivity index (χ0) is 16.1. The molecule has 1 aromatic heterocycles. The van der Waals surface area contributed by atoms with Crippen LogP contribution in [0.25, 0.3) is 0 Å². The van der Waals surface area contributed by atoms with Gasteiger partial charge >= 0.3 is 6.03 Å². The van der Waals surface area contributed by atoms with E-state index >= 15 is 0 Å². The van der Waals surface area contributed by atoms with Gasteiger partial charge in [0.25, 0.3) is 0 Å². The zero-order valence-corrected chi connectivity index (χ0v) is 13.4. The van der Waals surface area contributed by atoms with Crippen LogP contribution >= 0.6 is 11.6 Å². The Balaban J connectivity index is 1.57. The number of nitrogens with one attached hydrogen (secondary N) is 2. The van der Waals surface area contributed by atoms with Gasteiger partial charge in [0.2, 0.25) is 5.95 Å². The molecule has 6 nitrogen and oxygen atoms in total. The zero-order valence-electron chi connectivity index (χ0n) is 12.6. The molecule has 0 saturated carbocycles. The van der Waals surface area contributed by atoms with Gasteiger partial charge in [-0.05, 0) is 43.5 Å². The number of carbonyl (C=O) groups is 1. The highest BCUT2D eigenvalue weighted by atomic mass is 35.5. The summed E-state index contributed by atoms with van der Waals surface area (Å²) in [4.78, 5) is 22.8. The highest BCUT2D eigenvalue weighted by Gasteiger charge is 2.13. The number of amides is 2. The maximum atomic E-state index is 11.9. The molecule has 2 heterocycles. The fourth-order valence-corrected chi connectivity index (χ4v) is 2.60. The molecule has 0 atom stereocenters. The number of urea groups is 1. The normalized spacial score (nSPS) is 14.4. The Bertz CT molecular complexity index is 653. The lowest BCUT2D eigenvalue weighted by atomic mass is 10.1. The number of hydrogen-bond acceptors (Lipinski definition) is 4. The summed E-state index contributed by atoms with van der Waals surface area (Å²) in [6.45, 7) is 1.98. The van der Waals surface area contributed by atoms with Crippen molar-refractivity contribution in [2.45, 2.75) is 19.3 Å². The number of piperidine rings is 1. The summed E-state index contributed by atoms with van der Waals surface area (Å²) in [5, 5.41) is 6.05. The Morgan fingerprint density at radius 1 is 0.957 bits per heavy atom. The molecule has 3 rings (SSSR count). The van der Waals surface area contributed by atoms with E-state index in [1.54, 1.807) is 36.7 Å². The van der Waals surface area contributed by atoms with Gasteiger partial charge in [-0.2, -0.15) is 0 Å². The summed E-state index contributed by atoms with van der Waals surface area (Å²) < 4.78 is 0. The van der Waals surface area contributed by atoms with Crippen molar-refractivity contribution in [3.63, 3.8) is 0 Å². The molecule has 1 fully saturated rings. The van der Waals surface area contributed by atoms with Gasteiger partial charge < -0.3 is 15.5 Å². The second kappa shape index (κ2) is 7.28. The smallest absolute Gasteiger partial charge is 0.323 e. The first-order valence-corrected chi connectivity index (χ1v) is 7.99. The molecule has 0 bridgehead atoms. The molecule has 2 N–H and O–H groups in total. The van der Waals surface area contributed by atoms with Crippen LogP contribution in [0, 0.1) is 0 Å². The summed E-state index contributed by atoms with van der Waals surface area (Å²) in [7, 11) is 0. The molecule has 7 heteroatoms. The van der Waals surface area contributed by atoms with Gasteiger partial charge in [0.1, 0.15) is 0 Å². The van der Waals surface area contributed by atoms with Crippen LogP contribution in [0.5, 0.6) is 0 Å². The summed E-state index contributed by atoms with van der Waals surface area (Å²) >= 11 is 5.81. The van der Waals surface area contributed by atoms with Gasteiger partial charge in [-0.15, -0.1) is 0 Å². The molecule has 0 spiro atoms. The van der Waals surface area contributed by atoms with Crippen molar-refractivity contribution in [1.29, 1.82) is 0 Å². The Hall–Kier alpha value is -2.34. The van der Waals surface area contributed by atoms with E-state index in [-0.39, 0.29) is 6.03 Å². The summed E-state index contributed by atoms with van der Waals surface area (Å²) in [6, 6.07) is 6.55. The first-order valence-electron chi connectivity index (χ1n) is 7.61. The Kier molecular flexibility index (Phi) is 4.92. The lowest BCUT2D eigenvalue weighted by Crippen LogP contribution is -2.31. The maximum absolute atomic E-state index is 11.9. The number of carbonyl (C=O) groups excluding carboxylic acids is 1. The summed E-state index contributed by atoms with van der Waals surface area (Å²) in [5.41, 5.74) is 1.22. The van der Waals surface area contributed by atoms with Gasteiger partial charge in [0.15, 0.2) is 0 Å². The van der Waals surface area contributed by atoms with E-state index in [0.717, 1.165) is 13.1 Å². The number of aromatic nitrogens is 2. The fraction of sp³-hybridized carbons (Fsp3) is 0.312. The molecule has 1 aliphatic rings. The monoisotopic (exact) mass is 331 g/mol. The van der Waals surface area contributed by atoms with Gasteiger partial charge in [-0.25, -0.2) is 14.8 Å². The molecule has 2 amide bonds. The molecule has 1 aromatic carbocycles. The van der Waals surface area contributed by atoms with E-state index in [2.05, 4.69) is 25.5 Å². The van der Waals surface area contributed by atoms with Crippen molar-refractivity contribution in [3.05, 3.63) is 41.7 Å². The van der Waals surface area contributed by atoms with Gasteiger partial charge in [0, 0.05) is 23.8 Å². The Labute approximate surface area is 139 Å². The first-order chi connectivity index (χ1) is 11.2. The molecular weight excluding hydrogens is 314 g/mol. The number of hydrogen-bond donors (Lipinski definition) is 2. The Morgan fingerprint density at radius 3 is 2.22 bits per heavy atom. The number of halogens is 1. The van der Waals surface area contributed by atoms with E-state index in [9.17, 15) is 4.79 Å². The molecule has 0 radical (unpaired) electrons. The minimum atomic E-state index is -0.346. The topological polar surface area (TPSA) is 70.2 Å². The minimum Gasteiger partial charge on any atom is -0.341 e. The number of benzene rings is 1. The van der Waals surface area contributed by atoms with Crippen molar-refractivity contribution in [2.75, 3.05) is 28.6 Å². The molecular formula is C16H18ClN5O.